The second-order valence-corrected chi connectivity index (χ2v) is 2.96. The lowest BCUT2D eigenvalue weighted by Crippen LogP contribution is -2.05. The summed E-state index contributed by atoms with van der Waals surface area (Å²) in [6.07, 6.45) is 0.0489. The van der Waals surface area contributed by atoms with Gasteiger partial charge in [-0.2, -0.15) is 0 Å². The Morgan fingerprint density at radius 1 is 1.31 bits per heavy atom. The molecule has 0 aromatic heterocycles. The van der Waals surface area contributed by atoms with Crippen LogP contribution in [0.1, 0.15) is 13.8 Å². The quantitative estimate of drug-likeness (QED) is 0.718. The number of hydrogen-bond donors (Lipinski definition) is 0. The lowest BCUT2D eigenvalue weighted by molar-refractivity contribution is 0.240. The predicted molar refractivity (Wildman–Crippen MR) is 48.7 cm³/mol. The fourth-order valence-electron chi connectivity index (χ4n) is 0.993. The van der Waals surface area contributed by atoms with Crippen molar-refractivity contribution in [2.75, 3.05) is 7.11 Å². The summed E-state index contributed by atoms with van der Waals surface area (Å²) in [5.74, 6) is 0.352. The maximum absolute atomic E-state index is 13.1. The molecule has 1 aromatic rings. The van der Waals surface area contributed by atoms with Gasteiger partial charge >= 0.3 is 0 Å². The molecule has 0 bridgehead atoms. The number of benzene rings is 1. The van der Waals surface area contributed by atoms with Crippen LogP contribution in [0.5, 0.6) is 11.5 Å². The van der Waals surface area contributed by atoms with Crippen LogP contribution >= 0.6 is 0 Å². The minimum Gasteiger partial charge on any atom is -0.494 e. The van der Waals surface area contributed by atoms with Crippen molar-refractivity contribution < 1.29 is 13.9 Å². The van der Waals surface area contributed by atoms with E-state index in [0.29, 0.717) is 5.75 Å². The zero-order chi connectivity index (χ0) is 9.84. The summed E-state index contributed by atoms with van der Waals surface area (Å²) in [5.41, 5.74) is 0. The van der Waals surface area contributed by atoms with Gasteiger partial charge in [-0.15, -0.1) is 0 Å². The first-order valence-electron chi connectivity index (χ1n) is 4.13. The highest BCUT2D eigenvalue weighted by molar-refractivity contribution is 5.33. The molecular weight excluding hydrogens is 171 g/mol. The normalized spacial score (nSPS) is 10.2. The van der Waals surface area contributed by atoms with Crippen LogP contribution in [-0.2, 0) is 0 Å². The van der Waals surface area contributed by atoms with E-state index in [1.807, 2.05) is 13.8 Å². The minimum atomic E-state index is -0.402. The Morgan fingerprint density at radius 2 is 2.00 bits per heavy atom. The fraction of sp³-hybridized carbons (Fsp3) is 0.400. The van der Waals surface area contributed by atoms with Crippen LogP contribution in [0.4, 0.5) is 4.39 Å². The van der Waals surface area contributed by atoms with Gasteiger partial charge in [-0.1, -0.05) is 0 Å². The van der Waals surface area contributed by atoms with E-state index in [2.05, 4.69) is 0 Å². The summed E-state index contributed by atoms with van der Waals surface area (Å²) in [7, 11) is 1.43. The van der Waals surface area contributed by atoms with Crippen molar-refractivity contribution >= 4 is 0 Å². The molecule has 2 nitrogen and oxygen atoms in total. The molecular formula is C10H13FO2. The number of halogens is 1. The van der Waals surface area contributed by atoms with Crippen molar-refractivity contribution in [1.82, 2.24) is 0 Å². The Labute approximate surface area is 77.3 Å². The van der Waals surface area contributed by atoms with Crippen LogP contribution in [0.15, 0.2) is 18.2 Å². The van der Waals surface area contributed by atoms with Crippen LogP contribution in [0.25, 0.3) is 0 Å². The van der Waals surface area contributed by atoms with Crippen LogP contribution < -0.4 is 9.47 Å². The zero-order valence-electron chi connectivity index (χ0n) is 8.00. The zero-order valence-corrected chi connectivity index (χ0v) is 8.00. The van der Waals surface area contributed by atoms with Gasteiger partial charge in [0, 0.05) is 6.07 Å². The van der Waals surface area contributed by atoms with Crippen LogP contribution in [0.2, 0.25) is 0 Å². The summed E-state index contributed by atoms with van der Waals surface area (Å²) in [6, 6.07) is 4.55. The van der Waals surface area contributed by atoms with Gasteiger partial charge in [0.2, 0.25) is 0 Å². The summed E-state index contributed by atoms with van der Waals surface area (Å²) in [5, 5.41) is 0. The molecule has 0 unspecified atom stereocenters. The van der Waals surface area contributed by atoms with Gasteiger partial charge in [-0.25, -0.2) is 4.39 Å². The molecule has 0 amide bonds. The topological polar surface area (TPSA) is 18.5 Å². The Bertz CT molecular complexity index is 284. The molecule has 0 spiro atoms. The molecule has 13 heavy (non-hydrogen) atoms. The highest BCUT2D eigenvalue weighted by atomic mass is 19.1. The lowest BCUT2D eigenvalue weighted by Gasteiger charge is -2.10. The third-order valence-corrected chi connectivity index (χ3v) is 1.50. The number of ether oxygens (including phenoxy) is 2. The Balaban J connectivity index is 2.83. The van der Waals surface area contributed by atoms with Gasteiger partial charge in [-0.3, -0.25) is 0 Å². The fourth-order valence-corrected chi connectivity index (χ4v) is 0.993. The monoisotopic (exact) mass is 184 g/mol. The van der Waals surface area contributed by atoms with Crippen molar-refractivity contribution in [2.24, 2.45) is 0 Å². The van der Waals surface area contributed by atoms with E-state index in [4.69, 9.17) is 9.47 Å². The van der Waals surface area contributed by atoms with Crippen LogP contribution in [-0.4, -0.2) is 13.2 Å². The molecule has 0 aliphatic carbocycles. The van der Waals surface area contributed by atoms with Gasteiger partial charge in [0.15, 0.2) is 11.6 Å². The molecule has 0 fully saturated rings. The van der Waals surface area contributed by atoms with E-state index >= 15 is 0 Å². The molecule has 0 atom stereocenters. The Morgan fingerprint density at radius 3 is 2.46 bits per heavy atom. The molecule has 0 heterocycles. The van der Waals surface area contributed by atoms with Crippen molar-refractivity contribution in [3.8, 4) is 11.5 Å². The van der Waals surface area contributed by atoms with E-state index in [-0.39, 0.29) is 11.9 Å². The summed E-state index contributed by atoms with van der Waals surface area (Å²) in [6.45, 7) is 3.78. The highest BCUT2D eigenvalue weighted by Gasteiger charge is 2.04. The van der Waals surface area contributed by atoms with E-state index < -0.39 is 5.82 Å². The molecule has 1 rings (SSSR count). The smallest absolute Gasteiger partial charge is 0.168 e. The minimum absolute atomic E-state index is 0.0489. The number of rotatable bonds is 3. The maximum Gasteiger partial charge on any atom is 0.168 e. The molecule has 1 aromatic carbocycles. The van der Waals surface area contributed by atoms with E-state index in [9.17, 15) is 4.39 Å². The lowest BCUT2D eigenvalue weighted by atomic mass is 10.3. The molecule has 0 aliphatic rings. The van der Waals surface area contributed by atoms with Crippen molar-refractivity contribution in [3.63, 3.8) is 0 Å². The number of hydrogen-bond acceptors (Lipinski definition) is 2. The van der Waals surface area contributed by atoms with E-state index in [1.54, 1.807) is 12.1 Å². The van der Waals surface area contributed by atoms with Gasteiger partial charge in [0.05, 0.1) is 13.2 Å². The van der Waals surface area contributed by atoms with E-state index in [0.717, 1.165) is 0 Å². The number of methoxy groups -OCH3 is 1. The average molecular weight is 184 g/mol. The molecule has 0 saturated heterocycles. The van der Waals surface area contributed by atoms with Crippen LogP contribution in [0.3, 0.4) is 0 Å². The third kappa shape index (κ3) is 2.61. The van der Waals surface area contributed by atoms with Gasteiger partial charge in [-0.05, 0) is 26.0 Å². The van der Waals surface area contributed by atoms with E-state index in [1.165, 1.54) is 13.2 Å². The molecule has 0 N–H and O–H groups in total. The van der Waals surface area contributed by atoms with Crippen molar-refractivity contribution in [2.45, 2.75) is 20.0 Å². The first-order chi connectivity index (χ1) is 6.13. The summed E-state index contributed by atoms with van der Waals surface area (Å²) >= 11 is 0. The first kappa shape index (κ1) is 9.84. The molecule has 72 valence electrons. The van der Waals surface area contributed by atoms with Crippen molar-refractivity contribution in [1.29, 1.82) is 0 Å². The SMILES string of the molecule is COc1ccc(OC(C)C)cc1F. The summed E-state index contributed by atoms with van der Waals surface area (Å²) in [4.78, 5) is 0. The predicted octanol–water partition coefficient (Wildman–Crippen LogP) is 2.62. The average Bonchev–Trinajstić information content (AvgIpc) is 2.03. The van der Waals surface area contributed by atoms with Crippen molar-refractivity contribution in [3.05, 3.63) is 24.0 Å². The maximum atomic E-state index is 13.1. The highest BCUT2D eigenvalue weighted by Crippen LogP contribution is 2.22. The molecule has 3 heteroatoms. The third-order valence-electron chi connectivity index (χ3n) is 1.50. The van der Waals surface area contributed by atoms with Crippen LogP contribution in [0, 0.1) is 5.82 Å². The second-order valence-electron chi connectivity index (χ2n) is 2.96. The molecule has 0 radical (unpaired) electrons. The molecule has 0 aliphatic heterocycles. The van der Waals surface area contributed by atoms with Gasteiger partial charge < -0.3 is 9.47 Å². The Kier molecular flexibility index (Phi) is 3.12. The van der Waals surface area contributed by atoms with Gasteiger partial charge in [0.1, 0.15) is 5.75 Å². The second kappa shape index (κ2) is 4.12. The largest absolute Gasteiger partial charge is 0.494 e. The molecule has 0 saturated carbocycles. The Hall–Kier alpha value is -1.25. The van der Waals surface area contributed by atoms with Gasteiger partial charge in [0.25, 0.3) is 0 Å². The standard InChI is InChI=1S/C10H13FO2/c1-7(2)13-8-4-5-10(12-3)9(11)6-8/h4-7H,1-3H3. The summed E-state index contributed by atoms with van der Waals surface area (Å²) < 4.78 is 23.2. The first-order valence-corrected chi connectivity index (χ1v) is 4.13.